The summed E-state index contributed by atoms with van der Waals surface area (Å²) in [5, 5.41) is 2.75. The van der Waals surface area contributed by atoms with E-state index < -0.39 is 29.1 Å². The largest absolute Gasteiger partial charge is 0.493 e. The number of urea groups is 1. The molecule has 3 aliphatic rings. The number of imide groups is 1. The van der Waals surface area contributed by atoms with Crippen LogP contribution in [0.1, 0.15) is 91.7 Å². The van der Waals surface area contributed by atoms with E-state index in [1.807, 2.05) is 52.8 Å². The molecule has 0 fully saturated rings. The standard InChI is InChI=1S/C33H47N3O8/c1-20(2)34-30(39)36(21(3)4)26(37)10-9-11-27(38)42-23-14-15-33-16-17-35(31(40)44-32(5,6)7)19-22-12-13-24(41-8)29(28(22)33)43-25(33)18-23/h12-15,20-21,23,25H,9-11,16-19H2,1-8H3,(H,34,39)/t23-,25-,33-/m0/s1. The minimum atomic E-state index is -0.608. The van der Waals surface area contributed by atoms with Crippen LogP contribution in [0.3, 0.4) is 0 Å². The van der Waals surface area contributed by atoms with E-state index in [9.17, 15) is 19.2 Å². The van der Waals surface area contributed by atoms with Crippen molar-refractivity contribution in [3.63, 3.8) is 0 Å². The number of methoxy groups -OCH3 is 1. The molecule has 4 rings (SSSR count). The molecule has 1 aromatic rings. The molecular formula is C33H47N3O8. The molecule has 0 unspecified atom stereocenters. The molecular weight excluding hydrogens is 566 g/mol. The maximum Gasteiger partial charge on any atom is 0.410 e. The Kier molecular flexibility index (Phi) is 9.85. The van der Waals surface area contributed by atoms with Crippen LogP contribution in [-0.4, -0.2) is 77.3 Å². The summed E-state index contributed by atoms with van der Waals surface area (Å²) in [5.74, 6) is 0.526. The number of hydrogen-bond acceptors (Lipinski definition) is 8. The smallest absolute Gasteiger partial charge is 0.410 e. The Morgan fingerprint density at radius 2 is 1.86 bits per heavy atom. The van der Waals surface area contributed by atoms with Crippen molar-refractivity contribution in [1.82, 2.24) is 15.1 Å². The van der Waals surface area contributed by atoms with Gasteiger partial charge in [-0.05, 0) is 79.0 Å². The van der Waals surface area contributed by atoms with Crippen LogP contribution in [0, 0.1) is 0 Å². The van der Waals surface area contributed by atoms with Gasteiger partial charge in [0.25, 0.3) is 0 Å². The molecule has 4 amide bonds. The molecule has 2 heterocycles. The van der Waals surface area contributed by atoms with E-state index >= 15 is 0 Å². The van der Waals surface area contributed by atoms with E-state index in [1.54, 1.807) is 25.9 Å². The van der Waals surface area contributed by atoms with Gasteiger partial charge in [-0.15, -0.1) is 0 Å². The lowest BCUT2D eigenvalue weighted by molar-refractivity contribution is -0.148. The number of hydrogen-bond donors (Lipinski definition) is 1. The Hall–Kier alpha value is -3.76. The number of nitrogens with zero attached hydrogens (tertiary/aromatic N) is 2. The highest BCUT2D eigenvalue weighted by Gasteiger charge is 2.54. The molecule has 1 aromatic carbocycles. The van der Waals surface area contributed by atoms with Crippen LogP contribution in [0.25, 0.3) is 0 Å². The Morgan fingerprint density at radius 1 is 1.14 bits per heavy atom. The number of esters is 1. The molecule has 11 nitrogen and oxygen atoms in total. The van der Waals surface area contributed by atoms with Gasteiger partial charge in [0.1, 0.15) is 17.8 Å². The number of ether oxygens (including phenoxy) is 4. The zero-order valence-corrected chi connectivity index (χ0v) is 27.2. The summed E-state index contributed by atoms with van der Waals surface area (Å²) in [6.07, 6.45) is 4.18. The van der Waals surface area contributed by atoms with Crippen molar-refractivity contribution >= 4 is 24.0 Å². The zero-order valence-electron chi connectivity index (χ0n) is 27.2. The predicted octanol–water partition coefficient (Wildman–Crippen LogP) is 5.23. The fourth-order valence-corrected chi connectivity index (χ4v) is 6.18. The van der Waals surface area contributed by atoms with Gasteiger partial charge in [0.2, 0.25) is 5.91 Å². The summed E-state index contributed by atoms with van der Waals surface area (Å²) in [7, 11) is 1.60. The number of amides is 4. The molecule has 3 atom stereocenters. The third kappa shape index (κ3) is 7.13. The van der Waals surface area contributed by atoms with E-state index in [4.69, 9.17) is 18.9 Å². The maximum atomic E-state index is 13.0. The summed E-state index contributed by atoms with van der Waals surface area (Å²) in [6, 6.07) is 2.99. The highest BCUT2D eigenvalue weighted by Crippen LogP contribution is 2.56. The van der Waals surface area contributed by atoms with Crippen molar-refractivity contribution < 1.29 is 38.1 Å². The average Bonchev–Trinajstić information content (AvgIpc) is 3.14. The van der Waals surface area contributed by atoms with E-state index in [1.165, 1.54) is 4.90 Å². The first-order valence-electron chi connectivity index (χ1n) is 15.5. The molecule has 0 saturated carbocycles. The topological polar surface area (TPSA) is 124 Å². The van der Waals surface area contributed by atoms with Crippen LogP contribution >= 0.6 is 0 Å². The lowest BCUT2D eigenvalue weighted by atomic mass is 9.69. The zero-order chi connectivity index (χ0) is 32.4. The van der Waals surface area contributed by atoms with Crippen LogP contribution in [-0.2, 0) is 31.0 Å². The monoisotopic (exact) mass is 613 g/mol. The quantitative estimate of drug-likeness (QED) is 0.312. The van der Waals surface area contributed by atoms with Crippen molar-refractivity contribution in [1.29, 1.82) is 0 Å². The van der Waals surface area contributed by atoms with Crippen molar-refractivity contribution in [3.8, 4) is 11.5 Å². The van der Waals surface area contributed by atoms with Gasteiger partial charge in [-0.1, -0.05) is 12.1 Å². The second-order valence-electron chi connectivity index (χ2n) is 13.4. The molecule has 0 saturated heterocycles. The third-order valence-corrected chi connectivity index (χ3v) is 8.06. The summed E-state index contributed by atoms with van der Waals surface area (Å²) in [6.45, 7) is 13.6. The molecule has 0 radical (unpaired) electrons. The van der Waals surface area contributed by atoms with Gasteiger partial charge in [0.05, 0.1) is 12.5 Å². The summed E-state index contributed by atoms with van der Waals surface area (Å²) in [4.78, 5) is 54.0. The Balaban J connectivity index is 1.42. The number of nitrogens with one attached hydrogen (secondary N) is 1. The highest BCUT2D eigenvalue weighted by atomic mass is 16.6. The molecule has 2 aliphatic heterocycles. The normalized spacial score (nSPS) is 22.0. The molecule has 1 aliphatic carbocycles. The Bertz CT molecular complexity index is 1300. The summed E-state index contributed by atoms with van der Waals surface area (Å²) < 4.78 is 23.6. The van der Waals surface area contributed by atoms with Gasteiger partial charge in [-0.2, -0.15) is 0 Å². The average molecular weight is 614 g/mol. The van der Waals surface area contributed by atoms with Crippen molar-refractivity contribution in [2.45, 2.75) is 122 Å². The molecule has 11 heteroatoms. The first kappa shape index (κ1) is 33.1. The number of rotatable bonds is 8. The lowest BCUT2D eigenvalue weighted by Gasteiger charge is -2.37. The predicted molar refractivity (Wildman–Crippen MR) is 163 cm³/mol. The first-order chi connectivity index (χ1) is 20.6. The minimum absolute atomic E-state index is 0.0491. The Morgan fingerprint density at radius 3 is 2.50 bits per heavy atom. The van der Waals surface area contributed by atoms with E-state index in [0.29, 0.717) is 37.4 Å². The van der Waals surface area contributed by atoms with E-state index in [0.717, 1.165) is 11.1 Å². The van der Waals surface area contributed by atoms with Crippen molar-refractivity contribution in [2.75, 3.05) is 13.7 Å². The van der Waals surface area contributed by atoms with Gasteiger partial charge >= 0.3 is 18.1 Å². The van der Waals surface area contributed by atoms with E-state index in [-0.39, 0.29) is 49.5 Å². The van der Waals surface area contributed by atoms with Crippen LogP contribution < -0.4 is 14.8 Å². The van der Waals surface area contributed by atoms with Crippen LogP contribution in [0.4, 0.5) is 9.59 Å². The first-order valence-corrected chi connectivity index (χ1v) is 15.5. The second-order valence-corrected chi connectivity index (χ2v) is 13.4. The molecule has 44 heavy (non-hydrogen) atoms. The molecule has 0 bridgehead atoms. The Labute approximate surface area is 260 Å². The maximum absolute atomic E-state index is 13.0. The second kappa shape index (κ2) is 13.1. The van der Waals surface area contributed by atoms with E-state index in [2.05, 4.69) is 11.4 Å². The molecule has 0 aromatic heterocycles. The van der Waals surface area contributed by atoms with Gasteiger partial charge in [0, 0.05) is 50.0 Å². The van der Waals surface area contributed by atoms with Crippen LogP contribution in [0.2, 0.25) is 0 Å². The van der Waals surface area contributed by atoms with Crippen molar-refractivity contribution in [2.24, 2.45) is 0 Å². The lowest BCUT2D eigenvalue weighted by Crippen LogP contribution is -2.49. The SMILES string of the molecule is COc1ccc2c3c1O[C@H]1C[C@@H](OC(=O)CCCC(=O)N(C(=O)NC(C)C)C(C)C)C=C[C@@]31CCN(C(=O)OC(C)(C)C)C2. The fraction of sp³-hybridized carbons (Fsp3) is 0.636. The molecule has 242 valence electrons. The number of carbonyl (C=O) groups is 4. The van der Waals surface area contributed by atoms with Gasteiger partial charge < -0.3 is 29.2 Å². The van der Waals surface area contributed by atoms with Gasteiger partial charge in [-0.3, -0.25) is 14.5 Å². The minimum Gasteiger partial charge on any atom is -0.493 e. The number of carbonyl (C=O) groups excluding carboxylic acids is 4. The van der Waals surface area contributed by atoms with Crippen LogP contribution in [0.15, 0.2) is 24.3 Å². The van der Waals surface area contributed by atoms with Gasteiger partial charge in [0.15, 0.2) is 11.5 Å². The molecule has 1 N–H and O–H groups in total. The fourth-order valence-electron chi connectivity index (χ4n) is 6.18. The van der Waals surface area contributed by atoms with Crippen molar-refractivity contribution in [3.05, 3.63) is 35.4 Å². The number of benzene rings is 1. The third-order valence-electron chi connectivity index (χ3n) is 8.06. The summed E-state index contributed by atoms with van der Waals surface area (Å²) >= 11 is 0. The molecule has 1 spiro atoms. The summed E-state index contributed by atoms with van der Waals surface area (Å²) in [5.41, 5.74) is 0.850. The van der Waals surface area contributed by atoms with Crippen LogP contribution in [0.5, 0.6) is 11.5 Å². The highest BCUT2D eigenvalue weighted by molar-refractivity contribution is 5.95. The van der Waals surface area contributed by atoms with Gasteiger partial charge in [-0.25, -0.2) is 9.59 Å².